The highest BCUT2D eigenvalue weighted by Gasteiger charge is 2.22. The number of nitrogens with one attached hydrogen (secondary N) is 1. The van der Waals surface area contributed by atoms with Gasteiger partial charge in [-0.1, -0.05) is 12.1 Å². The lowest BCUT2D eigenvalue weighted by atomic mass is 10.3. The number of carboxylic acids is 1. The van der Waals surface area contributed by atoms with Crippen LogP contribution in [0.1, 0.15) is 15.2 Å². The largest absolute Gasteiger partial charge is 0.477 e. The Morgan fingerprint density at radius 1 is 1.35 bits per heavy atom. The molecule has 0 atom stereocenters. The number of thiophene rings is 1. The second kappa shape index (κ2) is 5.22. The molecule has 0 bridgehead atoms. The average Bonchev–Trinajstić information content (AvgIpc) is 2.75. The summed E-state index contributed by atoms with van der Waals surface area (Å²) in [5.74, 6) is -1.90. The molecule has 0 fully saturated rings. The van der Waals surface area contributed by atoms with Gasteiger partial charge in [-0.05, 0) is 30.7 Å². The van der Waals surface area contributed by atoms with Crippen LogP contribution in [0.5, 0.6) is 0 Å². The van der Waals surface area contributed by atoms with Crippen molar-refractivity contribution in [3.8, 4) is 0 Å². The zero-order valence-corrected chi connectivity index (χ0v) is 11.9. The smallest absolute Gasteiger partial charge is 0.346 e. The van der Waals surface area contributed by atoms with Crippen LogP contribution >= 0.6 is 11.3 Å². The van der Waals surface area contributed by atoms with Crippen molar-refractivity contribution in [2.45, 2.75) is 11.1 Å². The Morgan fingerprint density at radius 2 is 2.00 bits per heavy atom. The summed E-state index contributed by atoms with van der Waals surface area (Å²) in [5.41, 5.74) is 0.159. The number of benzene rings is 1. The monoisotopic (exact) mass is 315 g/mol. The third-order valence-corrected chi connectivity index (χ3v) is 5.54. The van der Waals surface area contributed by atoms with E-state index in [0.29, 0.717) is 16.9 Å². The van der Waals surface area contributed by atoms with Gasteiger partial charge in [-0.25, -0.2) is 17.6 Å². The summed E-state index contributed by atoms with van der Waals surface area (Å²) in [6.45, 7) is 1.50. The third-order valence-electron chi connectivity index (χ3n) is 2.47. The molecule has 0 aliphatic rings. The molecular formula is C12H10FNO4S2. The maximum absolute atomic E-state index is 13.4. The number of rotatable bonds is 4. The van der Waals surface area contributed by atoms with E-state index < -0.39 is 21.8 Å². The first kappa shape index (κ1) is 14.5. The summed E-state index contributed by atoms with van der Waals surface area (Å²) in [4.78, 5) is 10.9. The molecule has 0 unspecified atom stereocenters. The zero-order chi connectivity index (χ0) is 14.9. The molecule has 8 heteroatoms. The van der Waals surface area contributed by atoms with Gasteiger partial charge < -0.3 is 5.11 Å². The molecule has 0 amide bonds. The number of sulfonamides is 1. The van der Waals surface area contributed by atoms with Crippen LogP contribution in [0.3, 0.4) is 0 Å². The van der Waals surface area contributed by atoms with Gasteiger partial charge in [0.25, 0.3) is 10.0 Å². The van der Waals surface area contributed by atoms with Gasteiger partial charge in [0.1, 0.15) is 14.9 Å². The number of carboxylic acid groups (broad SMARTS) is 1. The first-order valence-corrected chi connectivity index (χ1v) is 7.72. The average molecular weight is 315 g/mol. The fourth-order valence-electron chi connectivity index (χ4n) is 1.54. The van der Waals surface area contributed by atoms with Crippen LogP contribution < -0.4 is 4.72 Å². The normalized spacial score (nSPS) is 11.3. The minimum Gasteiger partial charge on any atom is -0.477 e. The topological polar surface area (TPSA) is 83.5 Å². The summed E-state index contributed by atoms with van der Waals surface area (Å²) >= 11 is 0.627. The van der Waals surface area contributed by atoms with Crippen LogP contribution in [0, 0.1) is 12.7 Å². The third kappa shape index (κ3) is 2.81. The molecule has 0 aliphatic heterocycles. The Bertz CT molecular complexity index is 768. The Kier molecular flexibility index (Phi) is 3.78. The van der Waals surface area contributed by atoms with Gasteiger partial charge in [0, 0.05) is 0 Å². The molecule has 0 spiro atoms. The molecule has 1 heterocycles. The van der Waals surface area contributed by atoms with Crippen LogP contribution in [0.4, 0.5) is 10.1 Å². The van der Waals surface area contributed by atoms with Gasteiger partial charge in [-0.15, -0.1) is 11.3 Å². The van der Waals surface area contributed by atoms with E-state index in [0.717, 1.165) is 6.07 Å². The maximum Gasteiger partial charge on any atom is 0.346 e. The number of hydrogen-bond donors (Lipinski definition) is 2. The van der Waals surface area contributed by atoms with Crippen LogP contribution in [-0.2, 0) is 10.0 Å². The summed E-state index contributed by atoms with van der Waals surface area (Å²) in [6, 6.07) is 6.58. The van der Waals surface area contributed by atoms with Crippen molar-refractivity contribution in [2.75, 3.05) is 4.72 Å². The molecule has 2 rings (SSSR count). The van der Waals surface area contributed by atoms with E-state index in [2.05, 4.69) is 4.72 Å². The number of carbonyl (C=O) groups is 1. The summed E-state index contributed by atoms with van der Waals surface area (Å²) in [7, 11) is -4.01. The molecule has 0 radical (unpaired) electrons. The number of para-hydroxylation sites is 1. The van der Waals surface area contributed by atoms with Gasteiger partial charge in [-0.3, -0.25) is 4.72 Å². The highest BCUT2D eigenvalue weighted by molar-refractivity contribution is 7.94. The van der Waals surface area contributed by atoms with Crippen molar-refractivity contribution in [3.05, 3.63) is 46.6 Å². The number of aryl methyl sites for hydroxylation is 1. The Morgan fingerprint density at radius 3 is 2.55 bits per heavy atom. The van der Waals surface area contributed by atoms with Crippen LogP contribution in [0.25, 0.3) is 0 Å². The fourth-order valence-corrected chi connectivity index (χ4v) is 3.98. The predicted molar refractivity (Wildman–Crippen MR) is 73.2 cm³/mol. The predicted octanol–water partition coefficient (Wildman–Crippen LogP) is 2.69. The highest BCUT2D eigenvalue weighted by Crippen LogP contribution is 2.28. The maximum atomic E-state index is 13.4. The minimum absolute atomic E-state index is 0.0566. The van der Waals surface area contributed by atoms with Gasteiger partial charge in [0.15, 0.2) is 0 Å². The van der Waals surface area contributed by atoms with Crippen molar-refractivity contribution < 1.29 is 22.7 Å². The van der Waals surface area contributed by atoms with E-state index in [4.69, 9.17) is 5.11 Å². The number of aromatic carboxylic acids is 1. The van der Waals surface area contributed by atoms with Gasteiger partial charge >= 0.3 is 5.97 Å². The van der Waals surface area contributed by atoms with E-state index in [9.17, 15) is 17.6 Å². The van der Waals surface area contributed by atoms with Gasteiger partial charge in [0.2, 0.25) is 0 Å². The number of hydrogen-bond acceptors (Lipinski definition) is 4. The Balaban J connectivity index is 2.39. The van der Waals surface area contributed by atoms with E-state index in [1.807, 2.05) is 0 Å². The quantitative estimate of drug-likeness (QED) is 0.908. The first-order valence-electron chi connectivity index (χ1n) is 5.42. The lowest BCUT2D eigenvalue weighted by Crippen LogP contribution is -2.12. The van der Waals surface area contributed by atoms with E-state index in [1.54, 1.807) is 0 Å². The SMILES string of the molecule is Cc1cc(S(=O)(=O)Nc2ccccc2F)sc1C(=O)O. The molecule has 0 saturated heterocycles. The molecular weight excluding hydrogens is 305 g/mol. The van der Waals surface area contributed by atoms with Crippen molar-refractivity contribution >= 4 is 33.0 Å². The molecule has 5 nitrogen and oxygen atoms in total. The molecule has 2 aromatic rings. The molecule has 1 aromatic heterocycles. The number of anilines is 1. The molecule has 1 aromatic carbocycles. The molecule has 20 heavy (non-hydrogen) atoms. The van der Waals surface area contributed by atoms with Crippen LogP contribution in [-0.4, -0.2) is 19.5 Å². The molecule has 2 N–H and O–H groups in total. The molecule has 0 aliphatic carbocycles. The lowest BCUT2D eigenvalue weighted by Gasteiger charge is -2.06. The standard InChI is InChI=1S/C12H10FNO4S2/c1-7-6-10(19-11(7)12(15)16)20(17,18)14-9-5-3-2-4-8(9)13/h2-6,14H,1H3,(H,15,16). The molecule has 0 saturated carbocycles. The van der Waals surface area contributed by atoms with E-state index in [1.165, 1.54) is 31.2 Å². The first-order chi connectivity index (χ1) is 9.31. The fraction of sp³-hybridized carbons (Fsp3) is 0.0833. The van der Waals surface area contributed by atoms with Crippen LogP contribution in [0.15, 0.2) is 34.5 Å². The van der Waals surface area contributed by atoms with E-state index >= 15 is 0 Å². The summed E-state index contributed by atoms with van der Waals surface area (Å²) in [6.07, 6.45) is 0. The second-order valence-electron chi connectivity index (χ2n) is 3.97. The lowest BCUT2D eigenvalue weighted by molar-refractivity contribution is 0.0701. The van der Waals surface area contributed by atoms with Crippen molar-refractivity contribution in [3.63, 3.8) is 0 Å². The van der Waals surface area contributed by atoms with Crippen molar-refractivity contribution in [1.29, 1.82) is 0 Å². The van der Waals surface area contributed by atoms with Gasteiger partial charge in [-0.2, -0.15) is 0 Å². The minimum atomic E-state index is -4.01. The number of halogens is 1. The molecule has 106 valence electrons. The highest BCUT2D eigenvalue weighted by atomic mass is 32.2. The van der Waals surface area contributed by atoms with Crippen LogP contribution in [0.2, 0.25) is 0 Å². The van der Waals surface area contributed by atoms with Crippen molar-refractivity contribution in [1.82, 2.24) is 0 Å². The second-order valence-corrected chi connectivity index (χ2v) is 6.93. The Labute approximate surface area is 118 Å². The Hall–Kier alpha value is -1.93. The summed E-state index contributed by atoms with van der Waals surface area (Å²) in [5, 5.41) is 8.91. The van der Waals surface area contributed by atoms with Gasteiger partial charge in [0.05, 0.1) is 5.69 Å². The summed E-state index contributed by atoms with van der Waals surface area (Å²) < 4.78 is 39.5. The van der Waals surface area contributed by atoms with Crippen molar-refractivity contribution in [2.24, 2.45) is 0 Å². The van der Waals surface area contributed by atoms with E-state index in [-0.39, 0.29) is 14.8 Å². The zero-order valence-electron chi connectivity index (χ0n) is 10.3.